The van der Waals surface area contributed by atoms with Gasteiger partial charge in [-0.2, -0.15) is 13.2 Å². The Morgan fingerprint density at radius 3 is 2.53 bits per heavy atom. The molecule has 108 valence electrons. The van der Waals surface area contributed by atoms with Gasteiger partial charge in [-0.25, -0.2) is 0 Å². The van der Waals surface area contributed by atoms with Gasteiger partial charge in [-0.3, -0.25) is 0 Å². The van der Waals surface area contributed by atoms with E-state index < -0.39 is 11.7 Å². The molecule has 19 heavy (non-hydrogen) atoms. The normalized spacial score (nSPS) is 15.3. The van der Waals surface area contributed by atoms with Crippen LogP contribution >= 0.6 is 0 Å². The second-order valence-corrected chi connectivity index (χ2v) is 4.57. The highest BCUT2D eigenvalue weighted by Crippen LogP contribution is 2.30. The van der Waals surface area contributed by atoms with Gasteiger partial charge < -0.3 is 10.1 Å². The molecule has 2 nitrogen and oxygen atoms in total. The fourth-order valence-corrected chi connectivity index (χ4v) is 1.85. The predicted octanol–water partition coefficient (Wildman–Crippen LogP) is 3.78. The van der Waals surface area contributed by atoms with Crippen molar-refractivity contribution in [1.82, 2.24) is 5.32 Å². The van der Waals surface area contributed by atoms with E-state index in [0.29, 0.717) is 18.8 Å². The van der Waals surface area contributed by atoms with Crippen LogP contribution in [0.4, 0.5) is 13.2 Å². The summed E-state index contributed by atoms with van der Waals surface area (Å²) in [6, 6.07) is 5.33. The lowest BCUT2D eigenvalue weighted by molar-refractivity contribution is -0.137. The van der Waals surface area contributed by atoms with Crippen LogP contribution in [0.3, 0.4) is 0 Å². The molecule has 2 atom stereocenters. The Balaban J connectivity index is 2.69. The SMILES string of the molecule is CCOCC(C)NC(C)c1cccc(C(F)(F)F)c1. The van der Waals surface area contributed by atoms with Crippen molar-refractivity contribution in [2.24, 2.45) is 0 Å². The molecule has 0 saturated carbocycles. The first-order valence-electron chi connectivity index (χ1n) is 6.35. The van der Waals surface area contributed by atoms with Gasteiger partial charge in [0.25, 0.3) is 0 Å². The van der Waals surface area contributed by atoms with E-state index in [0.717, 1.165) is 6.07 Å². The zero-order valence-corrected chi connectivity index (χ0v) is 11.4. The van der Waals surface area contributed by atoms with Crippen molar-refractivity contribution < 1.29 is 17.9 Å². The van der Waals surface area contributed by atoms with Gasteiger partial charge in [0, 0.05) is 18.7 Å². The number of halogens is 3. The highest BCUT2D eigenvalue weighted by atomic mass is 19.4. The number of alkyl halides is 3. The second kappa shape index (κ2) is 6.91. The van der Waals surface area contributed by atoms with Gasteiger partial charge in [0.2, 0.25) is 0 Å². The third-order valence-electron chi connectivity index (χ3n) is 2.82. The minimum Gasteiger partial charge on any atom is -0.380 e. The topological polar surface area (TPSA) is 21.3 Å². The minimum absolute atomic E-state index is 0.0875. The van der Waals surface area contributed by atoms with E-state index in [4.69, 9.17) is 4.74 Å². The van der Waals surface area contributed by atoms with E-state index in [-0.39, 0.29) is 12.1 Å². The van der Waals surface area contributed by atoms with Crippen LogP contribution in [-0.2, 0) is 10.9 Å². The molecule has 0 amide bonds. The molecule has 0 heterocycles. The predicted molar refractivity (Wildman–Crippen MR) is 68.9 cm³/mol. The summed E-state index contributed by atoms with van der Waals surface area (Å²) in [7, 11) is 0. The van der Waals surface area contributed by atoms with Crippen LogP contribution in [0.1, 0.15) is 37.9 Å². The largest absolute Gasteiger partial charge is 0.416 e. The fraction of sp³-hybridized carbons (Fsp3) is 0.571. The van der Waals surface area contributed by atoms with E-state index in [1.807, 2.05) is 20.8 Å². The first kappa shape index (κ1) is 16.0. The van der Waals surface area contributed by atoms with Gasteiger partial charge in [0.05, 0.1) is 12.2 Å². The van der Waals surface area contributed by atoms with Crippen molar-refractivity contribution in [2.45, 2.75) is 39.0 Å². The van der Waals surface area contributed by atoms with Crippen LogP contribution in [0, 0.1) is 0 Å². The lowest BCUT2D eigenvalue weighted by Gasteiger charge is -2.21. The molecule has 0 fully saturated rings. The van der Waals surface area contributed by atoms with Gasteiger partial charge in [0.15, 0.2) is 0 Å². The van der Waals surface area contributed by atoms with E-state index in [9.17, 15) is 13.2 Å². The van der Waals surface area contributed by atoms with Crippen molar-refractivity contribution in [3.8, 4) is 0 Å². The van der Waals surface area contributed by atoms with Crippen LogP contribution in [-0.4, -0.2) is 19.3 Å². The number of benzene rings is 1. The first-order chi connectivity index (χ1) is 8.84. The summed E-state index contributed by atoms with van der Waals surface area (Å²) in [6.07, 6.45) is -4.30. The van der Waals surface area contributed by atoms with Crippen molar-refractivity contribution in [3.63, 3.8) is 0 Å². The second-order valence-electron chi connectivity index (χ2n) is 4.57. The monoisotopic (exact) mass is 275 g/mol. The molecule has 0 saturated heterocycles. The van der Waals surface area contributed by atoms with Crippen LogP contribution < -0.4 is 5.32 Å². The van der Waals surface area contributed by atoms with Crippen molar-refractivity contribution in [3.05, 3.63) is 35.4 Å². The van der Waals surface area contributed by atoms with E-state index in [1.165, 1.54) is 12.1 Å². The molecule has 1 aromatic rings. The molecule has 0 bridgehead atoms. The summed E-state index contributed by atoms with van der Waals surface area (Å²) >= 11 is 0. The van der Waals surface area contributed by atoms with E-state index in [1.54, 1.807) is 6.07 Å². The molecule has 0 aliphatic carbocycles. The Morgan fingerprint density at radius 1 is 1.26 bits per heavy atom. The summed E-state index contributed by atoms with van der Waals surface area (Å²) in [6.45, 7) is 6.87. The zero-order valence-electron chi connectivity index (χ0n) is 11.4. The summed E-state index contributed by atoms with van der Waals surface area (Å²) in [5.41, 5.74) is 0.00860. The zero-order chi connectivity index (χ0) is 14.5. The summed E-state index contributed by atoms with van der Waals surface area (Å²) < 4.78 is 43.1. The highest BCUT2D eigenvalue weighted by molar-refractivity contribution is 5.27. The molecular formula is C14H20F3NO. The Bertz CT molecular complexity index is 393. The molecule has 2 unspecified atom stereocenters. The average molecular weight is 275 g/mol. The third kappa shape index (κ3) is 5.20. The minimum atomic E-state index is -4.30. The Morgan fingerprint density at radius 2 is 1.95 bits per heavy atom. The van der Waals surface area contributed by atoms with E-state index >= 15 is 0 Å². The number of ether oxygens (including phenoxy) is 1. The third-order valence-corrected chi connectivity index (χ3v) is 2.82. The molecule has 1 rings (SSSR count). The van der Waals surface area contributed by atoms with Crippen LogP contribution in [0.5, 0.6) is 0 Å². The summed E-state index contributed by atoms with van der Waals surface area (Å²) in [5, 5.41) is 3.22. The quantitative estimate of drug-likeness (QED) is 0.853. The molecule has 1 aromatic carbocycles. The first-order valence-corrected chi connectivity index (χ1v) is 6.35. The van der Waals surface area contributed by atoms with Gasteiger partial charge in [-0.1, -0.05) is 12.1 Å². The standard InChI is InChI=1S/C14H20F3NO/c1-4-19-9-10(2)18-11(3)12-6-5-7-13(8-12)14(15,16)17/h5-8,10-11,18H,4,9H2,1-3H3. The van der Waals surface area contributed by atoms with Crippen molar-refractivity contribution in [1.29, 1.82) is 0 Å². The molecular weight excluding hydrogens is 255 g/mol. The average Bonchev–Trinajstić information content (AvgIpc) is 2.35. The number of nitrogens with one attached hydrogen (secondary N) is 1. The van der Waals surface area contributed by atoms with Gasteiger partial charge >= 0.3 is 6.18 Å². The lowest BCUT2D eigenvalue weighted by Crippen LogP contribution is -2.32. The van der Waals surface area contributed by atoms with Crippen LogP contribution in [0.15, 0.2) is 24.3 Å². The summed E-state index contributed by atoms with van der Waals surface area (Å²) in [5.74, 6) is 0. The highest BCUT2D eigenvalue weighted by Gasteiger charge is 2.30. The molecule has 0 aromatic heterocycles. The fourth-order valence-electron chi connectivity index (χ4n) is 1.85. The number of hydrogen-bond donors (Lipinski definition) is 1. The maximum Gasteiger partial charge on any atom is 0.416 e. The molecule has 0 aliphatic heterocycles. The number of rotatable bonds is 6. The Hall–Kier alpha value is -1.07. The molecule has 0 aliphatic rings. The van der Waals surface area contributed by atoms with Gasteiger partial charge in [-0.05, 0) is 38.5 Å². The Kier molecular flexibility index (Phi) is 5.82. The maximum absolute atomic E-state index is 12.6. The van der Waals surface area contributed by atoms with Crippen molar-refractivity contribution >= 4 is 0 Å². The maximum atomic E-state index is 12.6. The van der Waals surface area contributed by atoms with Gasteiger partial charge in [-0.15, -0.1) is 0 Å². The Labute approximate surface area is 112 Å². The molecule has 0 radical (unpaired) electrons. The summed E-state index contributed by atoms with van der Waals surface area (Å²) in [4.78, 5) is 0. The van der Waals surface area contributed by atoms with E-state index in [2.05, 4.69) is 5.32 Å². The molecule has 5 heteroatoms. The molecule has 0 spiro atoms. The van der Waals surface area contributed by atoms with Crippen molar-refractivity contribution in [2.75, 3.05) is 13.2 Å². The van der Waals surface area contributed by atoms with Gasteiger partial charge in [0.1, 0.15) is 0 Å². The smallest absolute Gasteiger partial charge is 0.380 e. The number of hydrogen-bond acceptors (Lipinski definition) is 2. The molecule has 1 N–H and O–H groups in total. The van der Waals surface area contributed by atoms with Crippen LogP contribution in [0.2, 0.25) is 0 Å². The van der Waals surface area contributed by atoms with Crippen LogP contribution in [0.25, 0.3) is 0 Å². The lowest BCUT2D eigenvalue weighted by atomic mass is 10.0.